The van der Waals surface area contributed by atoms with Gasteiger partial charge in [-0.1, -0.05) is 6.92 Å². The van der Waals surface area contributed by atoms with Crippen LogP contribution >= 0.6 is 0 Å². The monoisotopic (exact) mass is 231 g/mol. The number of nitrogens with zero attached hydrogens (tertiary/aromatic N) is 3. The van der Waals surface area contributed by atoms with Gasteiger partial charge in [-0.25, -0.2) is 9.97 Å². The zero-order valence-electron chi connectivity index (χ0n) is 10.6. The van der Waals surface area contributed by atoms with E-state index < -0.39 is 0 Å². The predicted molar refractivity (Wildman–Crippen MR) is 69.1 cm³/mol. The minimum atomic E-state index is 0.927. The van der Waals surface area contributed by atoms with E-state index in [0.29, 0.717) is 0 Å². The molecule has 0 amide bonds. The molecule has 0 aromatic carbocycles. The summed E-state index contributed by atoms with van der Waals surface area (Å²) in [7, 11) is 0. The molecule has 92 valence electrons. The van der Waals surface area contributed by atoms with Crippen LogP contribution < -0.4 is 4.90 Å². The summed E-state index contributed by atoms with van der Waals surface area (Å²) in [6.07, 6.45) is 10.6. The van der Waals surface area contributed by atoms with Crippen molar-refractivity contribution in [3.05, 3.63) is 18.0 Å². The molecule has 2 fully saturated rings. The third-order valence-corrected chi connectivity index (χ3v) is 4.21. The Kier molecular flexibility index (Phi) is 3.00. The van der Waals surface area contributed by atoms with Crippen LogP contribution in [0.2, 0.25) is 0 Å². The summed E-state index contributed by atoms with van der Waals surface area (Å²) < 4.78 is 0. The van der Waals surface area contributed by atoms with E-state index in [-0.39, 0.29) is 0 Å². The third kappa shape index (κ3) is 2.43. The first-order valence-electron chi connectivity index (χ1n) is 6.92. The van der Waals surface area contributed by atoms with Crippen molar-refractivity contribution in [2.45, 2.75) is 39.0 Å². The molecule has 0 N–H and O–H groups in total. The molecule has 0 spiro atoms. The maximum Gasteiger partial charge on any atom is 0.225 e. The minimum absolute atomic E-state index is 0.927. The van der Waals surface area contributed by atoms with Crippen LogP contribution in [0.1, 0.15) is 38.2 Å². The highest BCUT2D eigenvalue weighted by atomic mass is 15.2. The van der Waals surface area contributed by atoms with Crippen molar-refractivity contribution < 1.29 is 0 Å². The molecular weight excluding hydrogens is 210 g/mol. The van der Waals surface area contributed by atoms with E-state index >= 15 is 0 Å². The van der Waals surface area contributed by atoms with Crippen LogP contribution in [0.4, 0.5) is 5.95 Å². The van der Waals surface area contributed by atoms with Gasteiger partial charge in [0.2, 0.25) is 5.95 Å². The van der Waals surface area contributed by atoms with Crippen LogP contribution in [0.15, 0.2) is 12.4 Å². The Labute approximate surface area is 103 Å². The average Bonchev–Trinajstić information content (AvgIpc) is 3.24. The molecule has 2 heterocycles. The van der Waals surface area contributed by atoms with E-state index in [1.807, 2.05) is 12.4 Å². The fraction of sp³-hybridized carbons (Fsp3) is 0.714. The number of hydrogen-bond acceptors (Lipinski definition) is 3. The second kappa shape index (κ2) is 4.63. The summed E-state index contributed by atoms with van der Waals surface area (Å²) in [5.74, 6) is 2.97. The highest BCUT2D eigenvalue weighted by molar-refractivity contribution is 5.30. The van der Waals surface area contributed by atoms with E-state index in [1.165, 1.54) is 31.2 Å². The molecule has 0 atom stereocenters. The minimum Gasteiger partial charge on any atom is -0.341 e. The van der Waals surface area contributed by atoms with Crippen molar-refractivity contribution in [3.8, 4) is 0 Å². The SMILES string of the molecule is CCc1cnc(N2CCC(C3CC3)CC2)nc1. The normalized spacial score (nSPS) is 21.8. The Balaban J connectivity index is 1.60. The van der Waals surface area contributed by atoms with Crippen molar-refractivity contribution in [1.82, 2.24) is 9.97 Å². The topological polar surface area (TPSA) is 29.0 Å². The number of piperidine rings is 1. The summed E-state index contributed by atoms with van der Waals surface area (Å²) >= 11 is 0. The molecule has 2 aliphatic rings. The van der Waals surface area contributed by atoms with Crippen molar-refractivity contribution in [2.24, 2.45) is 11.8 Å². The van der Waals surface area contributed by atoms with Crippen molar-refractivity contribution >= 4 is 5.95 Å². The molecule has 3 nitrogen and oxygen atoms in total. The smallest absolute Gasteiger partial charge is 0.225 e. The molecule has 1 aromatic rings. The van der Waals surface area contributed by atoms with Gasteiger partial charge in [-0.2, -0.15) is 0 Å². The fourth-order valence-electron chi connectivity index (χ4n) is 2.83. The standard InChI is InChI=1S/C14H21N3/c1-2-11-9-15-14(16-10-11)17-7-5-13(6-8-17)12-3-4-12/h9-10,12-13H,2-8H2,1H3. The quantitative estimate of drug-likeness (QED) is 0.801. The molecule has 0 unspecified atom stereocenters. The molecule has 1 saturated carbocycles. The number of hydrogen-bond donors (Lipinski definition) is 0. The summed E-state index contributed by atoms with van der Waals surface area (Å²) in [5.41, 5.74) is 1.22. The average molecular weight is 231 g/mol. The molecule has 3 rings (SSSR count). The molecular formula is C14H21N3. The largest absolute Gasteiger partial charge is 0.341 e. The number of aromatic nitrogens is 2. The molecule has 17 heavy (non-hydrogen) atoms. The number of rotatable bonds is 3. The van der Waals surface area contributed by atoms with Gasteiger partial charge in [-0.3, -0.25) is 0 Å². The Hall–Kier alpha value is -1.12. The number of anilines is 1. The highest BCUT2D eigenvalue weighted by Crippen LogP contribution is 2.41. The molecule has 1 aliphatic carbocycles. The van der Waals surface area contributed by atoms with E-state index in [1.54, 1.807) is 0 Å². The lowest BCUT2D eigenvalue weighted by atomic mass is 9.92. The van der Waals surface area contributed by atoms with Gasteiger partial charge in [0.25, 0.3) is 0 Å². The summed E-state index contributed by atoms with van der Waals surface area (Å²) in [5, 5.41) is 0. The molecule has 3 heteroatoms. The maximum atomic E-state index is 4.47. The van der Waals surface area contributed by atoms with Crippen LogP contribution in [0.5, 0.6) is 0 Å². The van der Waals surface area contributed by atoms with Gasteiger partial charge in [0.15, 0.2) is 0 Å². The second-order valence-corrected chi connectivity index (χ2v) is 5.41. The third-order valence-electron chi connectivity index (χ3n) is 4.21. The van der Waals surface area contributed by atoms with Gasteiger partial charge in [0.05, 0.1) is 0 Å². The van der Waals surface area contributed by atoms with Gasteiger partial charge in [0.1, 0.15) is 0 Å². The molecule has 0 radical (unpaired) electrons. The fourth-order valence-corrected chi connectivity index (χ4v) is 2.83. The summed E-state index contributed by atoms with van der Waals surface area (Å²) in [4.78, 5) is 11.3. The first-order valence-corrected chi connectivity index (χ1v) is 6.92. The molecule has 1 aliphatic heterocycles. The molecule has 1 saturated heterocycles. The lowest BCUT2D eigenvalue weighted by Crippen LogP contribution is -2.35. The van der Waals surface area contributed by atoms with Crippen LogP contribution in [0, 0.1) is 11.8 Å². The highest BCUT2D eigenvalue weighted by Gasteiger charge is 2.33. The van der Waals surface area contributed by atoms with Crippen molar-refractivity contribution in [2.75, 3.05) is 18.0 Å². The first kappa shape index (κ1) is 11.0. The zero-order chi connectivity index (χ0) is 11.7. The Bertz CT molecular complexity index is 362. The van der Waals surface area contributed by atoms with Crippen molar-refractivity contribution in [3.63, 3.8) is 0 Å². The maximum absolute atomic E-state index is 4.47. The van der Waals surface area contributed by atoms with Gasteiger partial charge >= 0.3 is 0 Å². The lowest BCUT2D eigenvalue weighted by Gasteiger charge is -2.32. The van der Waals surface area contributed by atoms with Gasteiger partial charge in [-0.05, 0) is 49.5 Å². The van der Waals surface area contributed by atoms with Crippen LogP contribution in [-0.2, 0) is 6.42 Å². The summed E-state index contributed by atoms with van der Waals surface area (Å²) in [6.45, 7) is 4.43. The van der Waals surface area contributed by atoms with Crippen molar-refractivity contribution in [1.29, 1.82) is 0 Å². The van der Waals surface area contributed by atoms with E-state index in [2.05, 4.69) is 21.8 Å². The number of aryl methyl sites for hydroxylation is 1. The van der Waals surface area contributed by atoms with Crippen LogP contribution in [0.25, 0.3) is 0 Å². The lowest BCUT2D eigenvalue weighted by molar-refractivity contribution is 0.361. The van der Waals surface area contributed by atoms with E-state index in [4.69, 9.17) is 0 Å². The Morgan fingerprint density at radius 3 is 2.18 bits per heavy atom. The molecule has 0 bridgehead atoms. The molecule has 1 aromatic heterocycles. The van der Waals surface area contributed by atoms with E-state index in [0.717, 1.165) is 37.3 Å². The Morgan fingerprint density at radius 1 is 1.06 bits per heavy atom. The van der Waals surface area contributed by atoms with Gasteiger partial charge < -0.3 is 4.90 Å². The second-order valence-electron chi connectivity index (χ2n) is 5.41. The zero-order valence-corrected chi connectivity index (χ0v) is 10.6. The van der Waals surface area contributed by atoms with E-state index in [9.17, 15) is 0 Å². The first-order chi connectivity index (χ1) is 8.36. The predicted octanol–water partition coefficient (Wildman–Crippen LogP) is 2.67. The van der Waals surface area contributed by atoms with Gasteiger partial charge in [-0.15, -0.1) is 0 Å². The van der Waals surface area contributed by atoms with Gasteiger partial charge in [0, 0.05) is 25.5 Å². The Morgan fingerprint density at radius 2 is 1.65 bits per heavy atom. The van der Waals surface area contributed by atoms with Crippen LogP contribution in [-0.4, -0.2) is 23.1 Å². The summed E-state index contributed by atoms with van der Waals surface area (Å²) in [6, 6.07) is 0. The van der Waals surface area contributed by atoms with Crippen LogP contribution in [0.3, 0.4) is 0 Å².